The summed E-state index contributed by atoms with van der Waals surface area (Å²) in [4.78, 5) is 4.54. The predicted octanol–water partition coefficient (Wildman–Crippen LogP) is 3.19. The lowest BCUT2D eigenvalue weighted by Gasteiger charge is -2.18. The number of halogens is 1. The predicted molar refractivity (Wildman–Crippen MR) is 81.2 cm³/mol. The second-order valence-electron chi connectivity index (χ2n) is 5.05. The highest BCUT2D eigenvalue weighted by Gasteiger charge is 2.21. The number of nitrogens with zero attached hydrogens (tertiary/aromatic N) is 2. The van der Waals surface area contributed by atoms with E-state index < -0.39 is 0 Å². The summed E-state index contributed by atoms with van der Waals surface area (Å²) in [5.41, 5.74) is 2.35. The summed E-state index contributed by atoms with van der Waals surface area (Å²) >= 11 is 0. The number of hydrogen-bond acceptors (Lipinski definition) is 4. The Hall–Kier alpha value is -1.39. The fourth-order valence-electron chi connectivity index (χ4n) is 2.47. The summed E-state index contributed by atoms with van der Waals surface area (Å²) in [5, 5.41) is 7.47. The zero-order valence-corrected chi connectivity index (χ0v) is 12.4. The van der Waals surface area contributed by atoms with Gasteiger partial charge in [0.2, 0.25) is 11.7 Å². The van der Waals surface area contributed by atoms with Crippen molar-refractivity contribution in [2.24, 2.45) is 0 Å². The Morgan fingerprint density at radius 1 is 1.30 bits per heavy atom. The Labute approximate surface area is 125 Å². The zero-order valence-electron chi connectivity index (χ0n) is 11.6. The second kappa shape index (κ2) is 6.86. The molecule has 1 aliphatic heterocycles. The SMILES string of the molecule is CCc1ccc(-c2noc(C3CCCNC3)n2)cc1.Cl. The van der Waals surface area contributed by atoms with Crippen LogP contribution in [0.15, 0.2) is 28.8 Å². The van der Waals surface area contributed by atoms with E-state index in [4.69, 9.17) is 4.52 Å². The van der Waals surface area contributed by atoms with Crippen LogP contribution in [0.3, 0.4) is 0 Å². The minimum absolute atomic E-state index is 0. The first kappa shape index (κ1) is 15.0. The molecule has 1 unspecified atom stereocenters. The van der Waals surface area contributed by atoms with Crippen molar-refractivity contribution in [3.05, 3.63) is 35.7 Å². The maximum atomic E-state index is 5.41. The van der Waals surface area contributed by atoms with Crippen LogP contribution in [0.1, 0.15) is 37.1 Å². The largest absolute Gasteiger partial charge is 0.339 e. The third-order valence-corrected chi connectivity index (χ3v) is 3.71. The summed E-state index contributed by atoms with van der Waals surface area (Å²) in [7, 11) is 0. The molecule has 2 aromatic rings. The third-order valence-electron chi connectivity index (χ3n) is 3.71. The molecule has 108 valence electrons. The van der Waals surface area contributed by atoms with E-state index >= 15 is 0 Å². The molecule has 1 N–H and O–H groups in total. The van der Waals surface area contributed by atoms with Crippen LogP contribution in [-0.4, -0.2) is 23.2 Å². The van der Waals surface area contributed by atoms with Gasteiger partial charge in [0.05, 0.1) is 5.92 Å². The van der Waals surface area contributed by atoms with Crippen LogP contribution in [0.25, 0.3) is 11.4 Å². The van der Waals surface area contributed by atoms with E-state index in [-0.39, 0.29) is 12.4 Å². The minimum Gasteiger partial charge on any atom is -0.339 e. The molecule has 0 bridgehead atoms. The molecule has 20 heavy (non-hydrogen) atoms. The molecular weight excluding hydrogens is 274 g/mol. The molecule has 4 nitrogen and oxygen atoms in total. The standard InChI is InChI=1S/C15H19N3O.ClH/c1-2-11-5-7-12(8-6-11)14-17-15(19-18-14)13-4-3-9-16-10-13;/h5-8,13,16H,2-4,9-10H2,1H3;1H. The van der Waals surface area contributed by atoms with Crippen LogP contribution in [0.2, 0.25) is 0 Å². The van der Waals surface area contributed by atoms with E-state index in [1.807, 2.05) is 0 Å². The molecule has 1 atom stereocenters. The molecule has 1 aliphatic rings. The van der Waals surface area contributed by atoms with Crippen molar-refractivity contribution in [2.45, 2.75) is 32.1 Å². The van der Waals surface area contributed by atoms with Crippen molar-refractivity contribution in [1.29, 1.82) is 0 Å². The highest BCUT2D eigenvalue weighted by atomic mass is 35.5. The first-order chi connectivity index (χ1) is 9.36. The maximum absolute atomic E-state index is 5.41. The second-order valence-corrected chi connectivity index (χ2v) is 5.05. The summed E-state index contributed by atoms with van der Waals surface area (Å²) in [6.45, 7) is 4.18. The smallest absolute Gasteiger partial charge is 0.231 e. The summed E-state index contributed by atoms with van der Waals surface area (Å²) in [6, 6.07) is 8.36. The van der Waals surface area contributed by atoms with Crippen molar-refractivity contribution >= 4 is 12.4 Å². The number of aromatic nitrogens is 2. The Morgan fingerprint density at radius 3 is 2.75 bits per heavy atom. The van der Waals surface area contributed by atoms with Gasteiger partial charge >= 0.3 is 0 Å². The Morgan fingerprint density at radius 2 is 2.10 bits per heavy atom. The third kappa shape index (κ3) is 3.19. The highest BCUT2D eigenvalue weighted by molar-refractivity contribution is 5.85. The van der Waals surface area contributed by atoms with Crippen LogP contribution >= 0.6 is 12.4 Å². The van der Waals surface area contributed by atoms with E-state index in [0.717, 1.165) is 37.4 Å². The number of nitrogens with one attached hydrogen (secondary N) is 1. The molecule has 0 aliphatic carbocycles. The fourth-order valence-corrected chi connectivity index (χ4v) is 2.47. The van der Waals surface area contributed by atoms with Gasteiger partial charge in [-0.25, -0.2) is 0 Å². The lowest BCUT2D eigenvalue weighted by Crippen LogP contribution is -2.28. The minimum atomic E-state index is 0. The summed E-state index contributed by atoms with van der Waals surface area (Å²) < 4.78 is 5.41. The van der Waals surface area contributed by atoms with E-state index in [9.17, 15) is 0 Å². The molecule has 0 saturated carbocycles. The molecule has 2 heterocycles. The van der Waals surface area contributed by atoms with Gasteiger partial charge in [-0.2, -0.15) is 4.98 Å². The lowest BCUT2D eigenvalue weighted by atomic mass is 10.00. The van der Waals surface area contributed by atoms with Crippen LogP contribution in [0.5, 0.6) is 0 Å². The number of hydrogen-bond donors (Lipinski definition) is 1. The number of piperidine rings is 1. The Kier molecular flexibility index (Phi) is 5.15. The van der Waals surface area contributed by atoms with Crippen molar-refractivity contribution in [1.82, 2.24) is 15.5 Å². The van der Waals surface area contributed by atoms with Crippen LogP contribution in [-0.2, 0) is 6.42 Å². The molecule has 3 rings (SSSR count). The van der Waals surface area contributed by atoms with Gasteiger partial charge in [-0.3, -0.25) is 0 Å². The average molecular weight is 294 g/mol. The van der Waals surface area contributed by atoms with E-state index in [1.165, 1.54) is 12.0 Å². The van der Waals surface area contributed by atoms with Gasteiger partial charge in [0.1, 0.15) is 0 Å². The first-order valence-corrected chi connectivity index (χ1v) is 7.00. The van der Waals surface area contributed by atoms with Crippen LogP contribution < -0.4 is 5.32 Å². The molecule has 5 heteroatoms. The van der Waals surface area contributed by atoms with Crippen molar-refractivity contribution < 1.29 is 4.52 Å². The topological polar surface area (TPSA) is 51.0 Å². The van der Waals surface area contributed by atoms with E-state index in [1.54, 1.807) is 0 Å². The molecule has 0 spiro atoms. The van der Waals surface area contributed by atoms with Crippen LogP contribution in [0.4, 0.5) is 0 Å². The highest BCUT2D eigenvalue weighted by Crippen LogP contribution is 2.24. The average Bonchev–Trinajstić information content (AvgIpc) is 2.98. The van der Waals surface area contributed by atoms with E-state index in [2.05, 4.69) is 46.6 Å². The molecule has 0 amide bonds. The van der Waals surface area contributed by atoms with Gasteiger partial charge in [0.15, 0.2) is 0 Å². The van der Waals surface area contributed by atoms with Crippen molar-refractivity contribution in [3.8, 4) is 11.4 Å². The number of aryl methyl sites for hydroxylation is 1. The van der Waals surface area contributed by atoms with Gasteiger partial charge in [-0.1, -0.05) is 36.3 Å². The van der Waals surface area contributed by atoms with Gasteiger partial charge in [-0.05, 0) is 31.4 Å². The fraction of sp³-hybridized carbons (Fsp3) is 0.467. The number of rotatable bonds is 3. The quantitative estimate of drug-likeness (QED) is 0.944. The Bertz CT molecular complexity index is 532. The normalized spacial score (nSPS) is 18.6. The van der Waals surface area contributed by atoms with Gasteiger partial charge < -0.3 is 9.84 Å². The summed E-state index contributed by atoms with van der Waals surface area (Å²) in [6.07, 6.45) is 3.35. The molecular formula is C15H20ClN3O. The monoisotopic (exact) mass is 293 g/mol. The summed E-state index contributed by atoms with van der Waals surface area (Å²) in [5.74, 6) is 1.83. The molecule has 1 saturated heterocycles. The maximum Gasteiger partial charge on any atom is 0.231 e. The molecule has 1 aromatic carbocycles. The number of benzene rings is 1. The lowest BCUT2D eigenvalue weighted by molar-refractivity contribution is 0.322. The van der Waals surface area contributed by atoms with E-state index in [0.29, 0.717) is 11.7 Å². The first-order valence-electron chi connectivity index (χ1n) is 7.00. The van der Waals surface area contributed by atoms with Gasteiger partial charge in [0.25, 0.3) is 0 Å². The molecule has 1 aromatic heterocycles. The Balaban J connectivity index is 0.00000147. The molecule has 1 fully saturated rings. The van der Waals surface area contributed by atoms with Gasteiger partial charge in [-0.15, -0.1) is 12.4 Å². The molecule has 0 radical (unpaired) electrons. The van der Waals surface area contributed by atoms with Crippen LogP contribution in [0, 0.1) is 0 Å². The zero-order chi connectivity index (χ0) is 13.1. The van der Waals surface area contributed by atoms with Gasteiger partial charge in [0, 0.05) is 12.1 Å². The van der Waals surface area contributed by atoms with Crippen molar-refractivity contribution in [3.63, 3.8) is 0 Å². The van der Waals surface area contributed by atoms with Crippen molar-refractivity contribution in [2.75, 3.05) is 13.1 Å².